The van der Waals surface area contributed by atoms with Crippen molar-refractivity contribution in [3.8, 4) is 0 Å². The van der Waals surface area contributed by atoms with Crippen molar-refractivity contribution < 1.29 is 0 Å². The summed E-state index contributed by atoms with van der Waals surface area (Å²) in [6.07, 6.45) is 2.90. The molecule has 5 heterocycles. The molecule has 0 atom stereocenters. The van der Waals surface area contributed by atoms with Gasteiger partial charge in [0.2, 0.25) is 10.3 Å². The first-order chi connectivity index (χ1) is 13.6. The number of thioether (sulfide) groups is 2. The largest absolute Gasteiger partial charge is 0.336 e. The molecule has 0 unspecified atom stereocenters. The summed E-state index contributed by atoms with van der Waals surface area (Å²) in [6, 6.07) is 0. The van der Waals surface area contributed by atoms with E-state index >= 15 is 0 Å². The summed E-state index contributed by atoms with van der Waals surface area (Å²) in [7, 11) is 0. The van der Waals surface area contributed by atoms with Gasteiger partial charge in [-0.2, -0.15) is 19.2 Å². The van der Waals surface area contributed by atoms with Gasteiger partial charge >= 0.3 is 0 Å². The van der Waals surface area contributed by atoms with Crippen molar-refractivity contribution in [2.45, 2.75) is 21.8 Å². The number of rotatable bonds is 6. The Hall–Kier alpha value is -3.54. The van der Waals surface area contributed by atoms with Crippen LogP contribution in [0.3, 0.4) is 0 Å². The normalized spacial score (nSPS) is 11.9. The van der Waals surface area contributed by atoms with E-state index in [2.05, 4.69) is 40.8 Å². The van der Waals surface area contributed by atoms with Gasteiger partial charge in [0.05, 0.1) is 11.5 Å². The lowest BCUT2D eigenvalue weighted by Gasteiger charge is -2.02. The summed E-state index contributed by atoms with van der Waals surface area (Å²) in [5.74, 6) is 20.4. The van der Waals surface area contributed by atoms with E-state index in [1.165, 1.54) is 59.2 Å². The van der Waals surface area contributed by atoms with E-state index in [1.807, 2.05) is 0 Å². The predicted octanol–water partition coefficient (Wildman–Crippen LogP) is -2.52. The topological polar surface area (TPSA) is 205 Å². The second-order valence-corrected chi connectivity index (χ2v) is 7.33. The number of nitrogens with two attached hydrogens (primary N) is 3. The molecule has 5 rings (SSSR count). The molecule has 0 radical (unpaired) electrons. The Balaban J connectivity index is 1.28. The van der Waals surface area contributed by atoms with Crippen LogP contribution in [0.5, 0.6) is 0 Å². The molecule has 6 N–H and O–H groups in total. The first kappa shape index (κ1) is 16.6. The standard InChI is InChI=1S/C10H12N16S2/c11-22-3-14-25-7(22)18-20-9(25)27-1-5-16-17-6(24(5)13)2-28-10-21-19-8-23(12)4-15-26(8)10/h3-4H,1-2,11-13H2. The molecule has 0 saturated carbocycles. The first-order valence-corrected chi connectivity index (χ1v) is 9.60. The Morgan fingerprint density at radius 3 is 1.61 bits per heavy atom. The minimum absolute atomic E-state index is 0.430. The predicted molar refractivity (Wildman–Crippen MR) is 97.1 cm³/mol. The van der Waals surface area contributed by atoms with Crippen LogP contribution in [0.15, 0.2) is 23.0 Å². The van der Waals surface area contributed by atoms with E-state index in [1.54, 1.807) is 0 Å². The molecular formula is C10H12N16S2. The summed E-state index contributed by atoms with van der Waals surface area (Å²) >= 11 is 2.73. The Morgan fingerprint density at radius 2 is 1.14 bits per heavy atom. The van der Waals surface area contributed by atoms with E-state index < -0.39 is 0 Å². The molecule has 5 aromatic rings. The highest BCUT2D eigenvalue weighted by Crippen LogP contribution is 2.22. The van der Waals surface area contributed by atoms with Gasteiger partial charge in [-0.15, -0.1) is 30.6 Å². The maximum atomic E-state index is 6.12. The highest BCUT2D eigenvalue weighted by atomic mass is 32.2. The summed E-state index contributed by atoms with van der Waals surface area (Å²) in [5.41, 5.74) is 0. The molecule has 16 nitrogen and oxygen atoms in total. The van der Waals surface area contributed by atoms with Crippen molar-refractivity contribution in [3.63, 3.8) is 0 Å². The molecule has 5 aromatic heterocycles. The fraction of sp³-hybridized carbons (Fsp3) is 0.200. The van der Waals surface area contributed by atoms with Gasteiger partial charge < -0.3 is 17.5 Å². The van der Waals surface area contributed by atoms with Crippen molar-refractivity contribution in [3.05, 3.63) is 24.3 Å². The van der Waals surface area contributed by atoms with Gasteiger partial charge in [-0.25, -0.2) is 14.0 Å². The summed E-state index contributed by atoms with van der Waals surface area (Å²) in [5, 5.41) is 33.6. The van der Waals surface area contributed by atoms with Gasteiger partial charge in [0.15, 0.2) is 11.6 Å². The van der Waals surface area contributed by atoms with Crippen LogP contribution in [-0.2, 0) is 11.5 Å². The molecule has 144 valence electrons. The zero-order chi connectivity index (χ0) is 19.3. The molecule has 0 aliphatic heterocycles. The second-order valence-electron chi connectivity index (χ2n) is 5.44. The lowest BCUT2D eigenvalue weighted by molar-refractivity contribution is 0.813. The van der Waals surface area contributed by atoms with Gasteiger partial charge in [0.1, 0.15) is 12.7 Å². The summed E-state index contributed by atoms with van der Waals surface area (Å²) in [6.45, 7) is 0. The average Bonchev–Trinajstić information content (AvgIpc) is 3.46. The smallest absolute Gasteiger partial charge is 0.273 e. The van der Waals surface area contributed by atoms with Crippen LogP contribution in [-0.4, -0.2) is 63.8 Å². The third-order valence-corrected chi connectivity index (χ3v) is 5.56. The van der Waals surface area contributed by atoms with Crippen molar-refractivity contribution in [2.75, 3.05) is 17.5 Å². The molecular weight excluding hydrogens is 408 g/mol. The fourth-order valence-corrected chi connectivity index (χ4v) is 3.96. The van der Waals surface area contributed by atoms with Gasteiger partial charge in [-0.3, -0.25) is 0 Å². The average molecular weight is 420 g/mol. The van der Waals surface area contributed by atoms with Gasteiger partial charge in [-0.05, 0) is 0 Å². The third-order valence-electron chi connectivity index (χ3n) is 3.73. The van der Waals surface area contributed by atoms with Crippen molar-refractivity contribution in [2.24, 2.45) is 0 Å². The maximum Gasteiger partial charge on any atom is 0.273 e. The maximum absolute atomic E-state index is 6.12. The quantitative estimate of drug-likeness (QED) is 0.192. The van der Waals surface area contributed by atoms with Crippen LogP contribution in [0.2, 0.25) is 0 Å². The van der Waals surface area contributed by atoms with Crippen LogP contribution in [0.4, 0.5) is 0 Å². The minimum atomic E-state index is 0.430. The van der Waals surface area contributed by atoms with Crippen LogP contribution >= 0.6 is 23.5 Å². The Labute approximate surface area is 163 Å². The number of nitrogen functional groups attached to an aromatic ring is 3. The van der Waals surface area contributed by atoms with Gasteiger partial charge in [0, 0.05) is 0 Å². The molecule has 0 aliphatic carbocycles. The van der Waals surface area contributed by atoms with Crippen molar-refractivity contribution in [1.29, 1.82) is 0 Å². The fourth-order valence-electron chi connectivity index (χ4n) is 2.35. The molecule has 0 saturated heterocycles. The molecule has 0 amide bonds. The van der Waals surface area contributed by atoms with Gasteiger partial charge in [0.25, 0.3) is 11.6 Å². The van der Waals surface area contributed by atoms with Crippen LogP contribution in [0, 0.1) is 0 Å². The minimum Gasteiger partial charge on any atom is -0.336 e. The van der Waals surface area contributed by atoms with Crippen molar-refractivity contribution >= 4 is 35.1 Å². The van der Waals surface area contributed by atoms with Gasteiger partial charge in [-0.1, -0.05) is 23.5 Å². The molecule has 0 aliphatic rings. The Bertz CT molecular complexity index is 1170. The summed E-state index contributed by atoms with van der Waals surface area (Å²) in [4.78, 5) is 0. The SMILES string of the molecule is Nn1c(CSc2nnc3n(N)cnn23)nnc1CSc1nnc2n(N)cnn12. The molecule has 0 bridgehead atoms. The zero-order valence-corrected chi connectivity index (χ0v) is 15.6. The highest BCUT2D eigenvalue weighted by molar-refractivity contribution is 7.98. The van der Waals surface area contributed by atoms with Crippen LogP contribution in [0.25, 0.3) is 11.6 Å². The zero-order valence-electron chi connectivity index (χ0n) is 13.9. The third kappa shape index (κ3) is 2.57. The van der Waals surface area contributed by atoms with E-state index in [9.17, 15) is 0 Å². The van der Waals surface area contributed by atoms with E-state index in [-0.39, 0.29) is 0 Å². The molecule has 0 aromatic carbocycles. The lowest BCUT2D eigenvalue weighted by atomic mass is 10.7. The summed E-state index contributed by atoms with van der Waals surface area (Å²) < 4.78 is 7.07. The van der Waals surface area contributed by atoms with Crippen LogP contribution in [0.1, 0.15) is 11.6 Å². The van der Waals surface area contributed by atoms with E-state index in [0.717, 1.165) is 0 Å². The monoisotopic (exact) mass is 420 g/mol. The van der Waals surface area contributed by atoms with Crippen molar-refractivity contribution in [1.82, 2.24) is 63.8 Å². The highest BCUT2D eigenvalue weighted by Gasteiger charge is 2.16. The number of hydrogen-bond donors (Lipinski definition) is 3. The second kappa shape index (κ2) is 6.27. The van der Waals surface area contributed by atoms with E-state index in [0.29, 0.717) is 45.0 Å². The van der Waals surface area contributed by atoms with E-state index in [4.69, 9.17) is 17.5 Å². The molecule has 28 heavy (non-hydrogen) atoms. The Morgan fingerprint density at radius 1 is 0.679 bits per heavy atom. The molecule has 0 spiro atoms. The number of aromatic nitrogens is 13. The first-order valence-electron chi connectivity index (χ1n) is 7.63. The number of nitrogens with zero attached hydrogens (tertiary/aromatic N) is 13. The molecule has 18 heteroatoms. The number of hydrogen-bond acceptors (Lipinski definition) is 13. The lowest BCUT2D eigenvalue weighted by Crippen LogP contribution is -2.15. The Kier molecular flexibility index (Phi) is 3.72. The number of fused-ring (bicyclic) bond motifs is 2. The molecule has 0 fully saturated rings. The van der Waals surface area contributed by atoms with Crippen LogP contribution < -0.4 is 17.5 Å².